The van der Waals surface area contributed by atoms with Gasteiger partial charge in [0.2, 0.25) is 5.56 Å². The van der Waals surface area contributed by atoms with Gasteiger partial charge >= 0.3 is 5.97 Å². The SMILES string of the molecule is CCc1cc2c(cc1CC)CC(NCC(OC(=O)CO)c1c(C)cc(OCOC)c3[nH]c(=O)ccc13)C2. The number of rotatable bonds is 11. The van der Waals surface area contributed by atoms with Crippen LogP contribution in [0, 0.1) is 6.92 Å². The highest BCUT2D eigenvalue weighted by molar-refractivity contribution is 5.89. The van der Waals surface area contributed by atoms with E-state index in [-0.39, 0.29) is 18.4 Å². The summed E-state index contributed by atoms with van der Waals surface area (Å²) in [5.74, 6) is -0.237. The van der Waals surface area contributed by atoms with Crippen molar-refractivity contribution in [3.8, 4) is 5.75 Å². The average molecular weight is 509 g/mol. The Morgan fingerprint density at radius 1 is 1.14 bits per heavy atom. The van der Waals surface area contributed by atoms with Gasteiger partial charge in [-0.3, -0.25) is 4.79 Å². The second-order valence-corrected chi connectivity index (χ2v) is 9.51. The van der Waals surface area contributed by atoms with E-state index in [1.807, 2.05) is 6.92 Å². The van der Waals surface area contributed by atoms with E-state index in [0.29, 0.717) is 23.2 Å². The zero-order valence-corrected chi connectivity index (χ0v) is 22.0. The number of aliphatic hydroxyl groups excluding tert-OH is 1. The van der Waals surface area contributed by atoms with Crippen molar-refractivity contribution >= 4 is 16.9 Å². The van der Waals surface area contributed by atoms with E-state index >= 15 is 0 Å². The van der Waals surface area contributed by atoms with Gasteiger partial charge in [0.15, 0.2) is 6.79 Å². The summed E-state index contributed by atoms with van der Waals surface area (Å²) < 4.78 is 16.5. The number of benzene rings is 2. The Morgan fingerprint density at radius 2 is 1.81 bits per heavy atom. The molecule has 0 spiro atoms. The van der Waals surface area contributed by atoms with Crippen LogP contribution in [0.1, 0.15) is 53.3 Å². The van der Waals surface area contributed by atoms with Crippen LogP contribution in [0.5, 0.6) is 5.75 Å². The number of aromatic amines is 1. The number of pyridine rings is 1. The molecule has 0 amide bonds. The summed E-state index contributed by atoms with van der Waals surface area (Å²) in [5, 5.41) is 13.7. The van der Waals surface area contributed by atoms with Crippen molar-refractivity contribution in [1.29, 1.82) is 0 Å². The predicted octanol–water partition coefficient (Wildman–Crippen LogP) is 3.28. The molecule has 1 unspecified atom stereocenters. The second-order valence-electron chi connectivity index (χ2n) is 9.51. The largest absolute Gasteiger partial charge is 0.465 e. The van der Waals surface area contributed by atoms with Crippen molar-refractivity contribution in [2.45, 2.75) is 58.6 Å². The van der Waals surface area contributed by atoms with Crippen LogP contribution in [0.2, 0.25) is 0 Å². The van der Waals surface area contributed by atoms with Crippen molar-refractivity contribution in [3.05, 3.63) is 74.1 Å². The van der Waals surface area contributed by atoms with E-state index in [9.17, 15) is 14.7 Å². The first-order valence-electron chi connectivity index (χ1n) is 12.8. The summed E-state index contributed by atoms with van der Waals surface area (Å²) in [7, 11) is 1.52. The first-order chi connectivity index (χ1) is 17.9. The van der Waals surface area contributed by atoms with Crippen LogP contribution in [0.4, 0.5) is 0 Å². The van der Waals surface area contributed by atoms with Crippen LogP contribution in [-0.2, 0) is 40.0 Å². The normalized spacial score (nSPS) is 14.1. The van der Waals surface area contributed by atoms with E-state index in [2.05, 4.69) is 36.3 Å². The molecule has 2 aromatic carbocycles. The molecule has 0 radical (unpaired) electrons. The molecule has 0 saturated heterocycles. The number of H-pyrrole nitrogens is 1. The first-order valence-corrected chi connectivity index (χ1v) is 12.8. The van der Waals surface area contributed by atoms with Crippen LogP contribution < -0.4 is 15.6 Å². The second kappa shape index (κ2) is 11.9. The topological polar surface area (TPSA) is 110 Å². The monoisotopic (exact) mass is 508 g/mol. The van der Waals surface area contributed by atoms with E-state index in [1.54, 1.807) is 12.1 Å². The average Bonchev–Trinajstić information content (AvgIpc) is 3.30. The molecule has 1 atom stereocenters. The summed E-state index contributed by atoms with van der Waals surface area (Å²) in [6.07, 6.45) is 3.18. The molecule has 0 saturated carbocycles. The number of aryl methyl sites for hydroxylation is 3. The molecule has 8 heteroatoms. The van der Waals surface area contributed by atoms with Crippen molar-refractivity contribution < 1.29 is 24.1 Å². The zero-order chi connectivity index (χ0) is 26.5. The maximum Gasteiger partial charge on any atom is 0.332 e. The minimum atomic E-state index is -0.714. The summed E-state index contributed by atoms with van der Waals surface area (Å²) in [6, 6.07) is 9.83. The Hall–Kier alpha value is -3.20. The molecule has 198 valence electrons. The van der Waals surface area contributed by atoms with Gasteiger partial charge in [0.1, 0.15) is 18.5 Å². The van der Waals surface area contributed by atoms with Gasteiger partial charge in [0.25, 0.3) is 0 Å². The van der Waals surface area contributed by atoms with Crippen LogP contribution in [0.25, 0.3) is 10.9 Å². The number of aromatic nitrogens is 1. The molecular formula is C29H36N2O6. The van der Waals surface area contributed by atoms with Gasteiger partial charge in [-0.1, -0.05) is 26.0 Å². The number of esters is 1. The number of carbonyl (C=O) groups excluding carboxylic acids is 1. The zero-order valence-electron chi connectivity index (χ0n) is 22.0. The summed E-state index contributed by atoms with van der Waals surface area (Å²) in [6.45, 7) is 5.96. The third-order valence-electron chi connectivity index (χ3n) is 7.09. The highest BCUT2D eigenvalue weighted by Gasteiger charge is 2.27. The van der Waals surface area contributed by atoms with Gasteiger partial charge in [-0.2, -0.15) is 0 Å². The smallest absolute Gasteiger partial charge is 0.332 e. The molecule has 8 nitrogen and oxygen atoms in total. The van der Waals surface area contributed by atoms with Crippen LogP contribution in [0.15, 0.2) is 35.1 Å². The molecule has 3 N–H and O–H groups in total. The van der Waals surface area contributed by atoms with Gasteiger partial charge in [0.05, 0.1) is 5.52 Å². The standard InChI is InChI=1S/C29H36N2O6/c1-5-18-10-20-12-22(13-21(20)11-19(18)6-2)30-14-25(37-27(34)15-32)28-17(3)9-24(36-16-35-4)29-23(28)7-8-26(33)31-29/h7-11,22,25,30,32H,5-6,12-16H2,1-4H3,(H,31,33). The van der Waals surface area contributed by atoms with Gasteiger partial charge < -0.3 is 29.6 Å². The molecule has 0 bridgehead atoms. The fourth-order valence-corrected chi connectivity index (χ4v) is 5.37. The number of aliphatic hydroxyl groups is 1. The maximum absolute atomic E-state index is 12.2. The minimum Gasteiger partial charge on any atom is -0.465 e. The van der Waals surface area contributed by atoms with E-state index in [1.165, 1.54) is 35.4 Å². The Morgan fingerprint density at radius 3 is 2.41 bits per heavy atom. The van der Waals surface area contributed by atoms with Crippen LogP contribution >= 0.6 is 0 Å². The van der Waals surface area contributed by atoms with Crippen molar-refractivity contribution in [3.63, 3.8) is 0 Å². The lowest BCUT2D eigenvalue weighted by atomic mass is 9.96. The molecule has 1 aliphatic carbocycles. The van der Waals surface area contributed by atoms with Crippen LogP contribution in [0.3, 0.4) is 0 Å². The Labute approximate surface area is 217 Å². The molecular weight excluding hydrogens is 472 g/mol. The molecule has 1 heterocycles. The third kappa shape index (κ3) is 5.87. The number of methoxy groups -OCH3 is 1. The molecule has 4 rings (SSSR count). The third-order valence-corrected chi connectivity index (χ3v) is 7.09. The number of fused-ring (bicyclic) bond motifs is 2. The van der Waals surface area contributed by atoms with E-state index in [0.717, 1.165) is 36.8 Å². The number of nitrogens with one attached hydrogen (secondary N) is 2. The molecule has 0 aliphatic heterocycles. The summed E-state index contributed by atoms with van der Waals surface area (Å²) >= 11 is 0. The van der Waals surface area contributed by atoms with Crippen molar-refractivity contribution in [2.75, 3.05) is 27.1 Å². The lowest BCUT2D eigenvalue weighted by molar-refractivity contribution is -0.152. The highest BCUT2D eigenvalue weighted by atomic mass is 16.7. The predicted molar refractivity (Wildman–Crippen MR) is 142 cm³/mol. The Balaban J connectivity index is 1.63. The van der Waals surface area contributed by atoms with Crippen molar-refractivity contribution in [1.82, 2.24) is 10.3 Å². The quantitative estimate of drug-likeness (QED) is 0.269. The number of ether oxygens (including phenoxy) is 3. The lowest BCUT2D eigenvalue weighted by Gasteiger charge is -2.24. The molecule has 0 fully saturated rings. The summed E-state index contributed by atoms with van der Waals surface area (Å²) in [4.78, 5) is 27.2. The fraction of sp³-hybridized carbons (Fsp3) is 0.448. The Bertz CT molecular complexity index is 1300. The molecule has 1 aromatic heterocycles. The summed E-state index contributed by atoms with van der Waals surface area (Å²) in [5.41, 5.74) is 7.37. The molecule has 3 aromatic rings. The number of carbonyl (C=O) groups is 1. The van der Waals surface area contributed by atoms with Gasteiger partial charge in [-0.25, -0.2) is 4.79 Å². The van der Waals surface area contributed by atoms with Gasteiger partial charge in [-0.05, 0) is 72.6 Å². The van der Waals surface area contributed by atoms with Gasteiger partial charge in [-0.15, -0.1) is 0 Å². The first kappa shape index (κ1) is 26.9. The lowest BCUT2D eigenvalue weighted by Crippen LogP contribution is -2.35. The van der Waals surface area contributed by atoms with Crippen molar-refractivity contribution in [2.24, 2.45) is 0 Å². The van der Waals surface area contributed by atoms with E-state index in [4.69, 9.17) is 14.2 Å². The fourth-order valence-electron chi connectivity index (χ4n) is 5.37. The minimum absolute atomic E-state index is 0.0248. The van der Waals surface area contributed by atoms with Gasteiger partial charge in [0, 0.05) is 36.7 Å². The van der Waals surface area contributed by atoms with E-state index < -0.39 is 18.7 Å². The highest BCUT2D eigenvalue weighted by Crippen LogP contribution is 2.35. The number of hydrogen-bond acceptors (Lipinski definition) is 7. The Kier molecular flexibility index (Phi) is 8.63. The maximum atomic E-state index is 12.2. The van der Waals surface area contributed by atoms with Crippen LogP contribution in [-0.4, -0.2) is 49.2 Å². The molecule has 1 aliphatic rings. The number of hydrogen-bond donors (Lipinski definition) is 3. The molecule has 37 heavy (non-hydrogen) atoms.